The van der Waals surface area contributed by atoms with Crippen molar-refractivity contribution in [2.75, 3.05) is 39.8 Å². The summed E-state index contributed by atoms with van der Waals surface area (Å²) in [6.45, 7) is 17.1. The van der Waals surface area contributed by atoms with E-state index in [2.05, 4.69) is 56.8 Å². The van der Waals surface area contributed by atoms with E-state index in [1.807, 2.05) is 0 Å². The molecule has 0 aromatic heterocycles. The summed E-state index contributed by atoms with van der Waals surface area (Å²) in [7, 11) is 2.23. The fourth-order valence-corrected chi connectivity index (χ4v) is 2.12. The number of likely N-dealkylation sites (N-methyl/N-ethyl adjacent to an activating group) is 1. The average molecular weight is 227 g/mol. The molecule has 3 nitrogen and oxygen atoms in total. The highest BCUT2D eigenvalue weighted by molar-refractivity contribution is 4.88. The maximum Gasteiger partial charge on any atom is 0.0277 e. The number of hydrogen-bond acceptors (Lipinski definition) is 3. The normalized spacial score (nSPS) is 23.6. The van der Waals surface area contributed by atoms with Gasteiger partial charge in [0.25, 0.3) is 0 Å². The second kappa shape index (κ2) is 5.03. The Morgan fingerprint density at radius 2 is 1.81 bits per heavy atom. The van der Waals surface area contributed by atoms with Crippen molar-refractivity contribution >= 4 is 0 Å². The van der Waals surface area contributed by atoms with Crippen LogP contribution >= 0.6 is 0 Å². The third-order valence-corrected chi connectivity index (χ3v) is 3.48. The minimum Gasteiger partial charge on any atom is -0.311 e. The van der Waals surface area contributed by atoms with Crippen LogP contribution in [0.5, 0.6) is 0 Å². The highest BCUT2D eigenvalue weighted by Crippen LogP contribution is 2.18. The molecule has 0 atom stereocenters. The molecule has 1 heterocycles. The summed E-state index contributed by atoms with van der Waals surface area (Å²) in [5.41, 5.74) is 0.558. The molecule has 0 aliphatic carbocycles. The van der Waals surface area contributed by atoms with Crippen molar-refractivity contribution in [2.45, 2.75) is 45.7 Å². The Bertz CT molecular complexity index is 218. The summed E-state index contributed by atoms with van der Waals surface area (Å²) in [5, 5.41) is 3.55. The van der Waals surface area contributed by atoms with E-state index in [1.165, 1.54) is 19.6 Å². The van der Waals surface area contributed by atoms with Crippen LogP contribution in [0.3, 0.4) is 0 Å². The van der Waals surface area contributed by atoms with Crippen molar-refractivity contribution in [3.63, 3.8) is 0 Å². The van der Waals surface area contributed by atoms with Gasteiger partial charge in [0.2, 0.25) is 0 Å². The third-order valence-electron chi connectivity index (χ3n) is 3.48. The zero-order valence-corrected chi connectivity index (χ0v) is 11.9. The topological polar surface area (TPSA) is 18.5 Å². The van der Waals surface area contributed by atoms with Gasteiger partial charge in [0.05, 0.1) is 0 Å². The van der Waals surface area contributed by atoms with E-state index in [0.717, 1.165) is 13.1 Å². The van der Waals surface area contributed by atoms with E-state index >= 15 is 0 Å². The van der Waals surface area contributed by atoms with E-state index in [9.17, 15) is 0 Å². The lowest BCUT2D eigenvalue weighted by molar-refractivity contribution is 0.0400. The molecule has 1 rings (SSSR count). The quantitative estimate of drug-likeness (QED) is 0.786. The minimum absolute atomic E-state index is 0.238. The molecule has 1 aliphatic rings. The van der Waals surface area contributed by atoms with Crippen LogP contribution in [-0.2, 0) is 0 Å². The van der Waals surface area contributed by atoms with Crippen LogP contribution in [0.4, 0.5) is 0 Å². The smallest absolute Gasteiger partial charge is 0.0277 e. The number of nitrogens with one attached hydrogen (secondary N) is 1. The van der Waals surface area contributed by atoms with Crippen molar-refractivity contribution in [3.05, 3.63) is 0 Å². The van der Waals surface area contributed by atoms with Crippen LogP contribution in [-0.4, -0.2) is 60.6 Å². The molecular formula is C13H29N3. The van der Waals surface area contributed by atoms with Crippen LogP contribution in [0, 0.1) is 0 Å². The van der Waals surface area contributed by atoms with Crippen LogP contribution < -0.4 is 5.32 Å². The number of nitrogens with zero attached hydrogens (tertiary/aromatic N) is 2. The summed E-state index contributed by atoms with van der Waals surface area (Å²) in [6.07, 6.45) is 0. The fourth-order valence-electron chi connectivity index (χ4n) is 2.12. The summed E-state index contributed by atoms with van der Waals surface area (Å²) in [4.78, 5) is 5.03. The molecule has 0 radical (unpaired) electrons. The Labute approximate surface area is 101 Å². The van der Waals surface area contributed by atoms with Gasteiger partial charge in [-0.05, 0) is 41.7 Å². The molecule has 96 valence electrons. The van der Waals surface area contributed by atoms with Crippen LogP contribution in [0.25, 0.3) is 0 Å². The van der Waals surface area contributed by atoms with Gasteiger partial charge in [-0.15, -0.1) is 0 Å². The zero-order chi connectivity index (χ0) is 12.4. The summed E-state index contributed by atoms with van der Waals surface area (Å²) >= 11 is 0. The Morgan fingerprint density at radius 1 is 1.19 bits per heavy atom. The highest BCUT2D eigenvalue weighted by Gasteiger charge is 2.30. The SMILES string of the molecule is CN1CCN(CCNC(C)(C)C)CC1(C)C. The Balaban J connectivity index is 2.29. The molecule has 1 aliphatic heterocycles. The standard InChI is InChI=1S/C13H29N3/c1-12(2,3)14-7-8-16-10-9-15(6)13(4,5)11-16/h14H,7-11H2,1-6H3. The molecule has 0 spiro atoms. The van der Waals surface area contributed by atoms with Gasteiger partial charge in [-0.3, -0.25) is 9.80 Å². The van der Waals surface area contributed by atoms with Crippen molar-refractivity contribution in [1.29, 1.82) is 0 Å². The number of hydrogen-bond donors (Lipinski definition) is 1. The minimum atomic E-state index is 0.238. The van der Waals surface area contributed by atoms with Gasteiger partial charge in [-0.2, -0.15) is 0 Å². The van der Waals surface area contributed by atoms with E-state index < -0.39 is 0 Å². The molecule has 1 fully saturated rings. The molecular weight excluding hydrogens is 198 g/mol. The molecule has 0 saturated carbocycles. The Hall–Kier alpha value is -0.120. The van der Waals surface area contributed by atoms with Crippen molar-refractivity contribution in [2.24, 2.45) is 0 Å². The van der Waals surface area contributed by atoms with Gasteiger partial charge >= 0.3 is 0 Å². The third kappa shape index (κ3) is 4.40. The highest BCUT2D eigenvalue weighted by atomic mass is 15.3. The lowest BCUT2D eigenvalue weighted by Gasteiger charge is -2.45. The Morgan fingerprint density at radius 3 is 2.31 bits per heavy atom. The van der Waals surface area contributed by atoms with E-state index in [4.69, 9.17) is 0 Å². The van der Waals surface area contributed by atoms with Crippen molar-refractivity contribution < 1.29 is 0 Å². The second-order valence-corrected chi connectivity index (χ2v) is 6.69. The van der Waals surface area contributed by atoms with E-state index in [-0.39, 0.29) is 5.54 Å². The summed E-state index contributed by atoms with van der Waals surface area (Å²) < 4.78 is 0. The van der Waals surface area contributed by atoms with E-state index in [1.54, 1.807) is 0 Å². The van der Waals surface area contributed by atoms with Gasteiger partial charge < -0.3 is 5.32 Å². The van der Waals surface area contributed by atoms with Crippen LogP contribution in [0.2, 0.25) is 0 Å². The van der Waals surface area contributed by atoms with Crippen LogP contribution in [0.1, 0.15) is 34.6 Å². The van der Waals surface area contributed by atoms with Crippen molar-refractivity contribution in [3.8, 4) is 0 Å². The van der Waals surface area contributed by atoms with Gasteiger partial charge in [0.15, 0.2) is 0 Å². The number of rotatable bonds is 3. The lowest BCUT2D eigenvalue weighted by atomic mass is 10.00. The zero-order valence-electron chi connectivity index (χ0n) is 11.9. The van der Waals surface area contributed by atoms with Gasteiger partial charge in [-0.1, -0.05) is 0 Å². The fraction of sp³-hybridized carbons (Fsp3) is 1.00. The molecule has 16 heavy (non-hydrogen) atoms. The Kier molecular flexibility index (Phi) is 4.38. The first-order valence-electron chi connectivity index (χ1n) is 6.39. The van der Waals surface area contributed by atoms with Crippen molar-refractivity contribution in [1.82, 2.24) is 15.1 Å². The summed E-state index contributed by atoms with van der Waals surface area (Å²) in [5.74, 6) is 0. The van der Waals surface area contributed by atoms with Gasteiger partial charge in [0.1, 0.15) is 0 Å². The maximum absolute atomic E-state index is 3.55. The number of piperazine rings is 1. The second-order valence-electron chi connectivity index (χ2n) is 6.69. The largest absolute Gasteiger partial charge is 0.311 e. The first kappa shape index (κ1) is 13.9. The first-order valence-corrected chi connectivity index (χ1v) is 6.39. The van der Waals surface area contributed by atoms with Crippen LogP contribution in [0.15, 0.2) is 0 Å². The van der Waals surface area contributed by atoms with Gasteiger partial charge in [-0.25, -0.2) is 0 Å². The molecule has 1 saturated heterocycles. The lowest BCUT2D eigenvalue weighted by Crippen LogP contribution is -2.58. The molecule has 0 aromatic carbocycles. The molecule has 0 unspecified atom stereocenters. The molecule has 1 N–H and O–H groups in total. The van der Waals surface area contributed by atoms with Gasteiger partial charge in [0, 0.05) is 43.8 Å². The summed E-state index contributed by atoms with van der Waals surface area (Å²) in [6, 6.07) is 0. The predicted molar refractivity (Wildman–Crippen MR) is 70.9 cm³/mol. The monoisotopic (exact) mass is 227 g/mol. The maximum atomic E-state index is 3.55. The molecule has 0 amide bonds. The molecule has 0 bridgehead atoms. The first-order chi connectivity index (χ1) is 7.21. The molecule has 3 heteroatoms. The average Bonchev–Trinajstić information content (AvgIpc) is 2.08. The predicted octanol–water partition coefficient (Wildman–Crippen LogP) is 1.40. The molecule has 0 aromatic rings. The van der Waals surface area contributed by atoms with E-state index in [0.29, 0.717) is 5.54 Å².